The number of hydrogen-bond donors (Lipinski definition) is 0. The maximum atomic E-state index is 9.21. The van der Waals surface area contributed by atoms with Gasteiger partial charge in [0.1, 0.15) is 6.07 Å². The van der Waals surface area contributed by atoms with Crippen LogP contribution < -0.4 is 4.90 Å². The van der Waals surface area contributed by atoms with Gasteiger partial charge in [0.25, 0.3) is 0 Å². The van der Waals surface area contributed by atoms with Gasteiger partial charge in [0.15, 0.2) is 0 Å². The zero-order valence-corrected chi connectivity index (χ0v) is 11.9. The molecule has 0 aliphatic carbocycles. The number of benzene rings is 1. The zero-order chi connectivity index (χ0) is 13.5. The van der Waals surface area contributed by atoms with Crippen molar-refractivity contribution in [3.63, 3.8) is 0 Å². The number of nitrogens with zero attached hydrogens (tertiary/aromatic N) is 2. The van der Waals surface area contributed by atoms with Crippen molar-refractivity contribution in [1.82, 2.24) is 0 Å². The highest BCUT2D eigenvalue weighted by Gasteiger charge is 2.16. The SMILES string of the molecule is CCC(C)N(CCOC)c1ccc(Cl)cc1C#N. The molecule has 0 saturated carbocycles. The van der Waals surface area contributed by atoms with Crippen LogP contribution in [-0.2, 0) is 4.74 Å². The van der Waals surface area contributed by atoms with Gasteiger partial charge in [-0.2, -0.15) is 5.26 Å². The maximum absolute atomic E-state index is 9.21. The van der Waals surface area contributed by atoms with Gasteiger partial charge in [-0.25, -0.2) is 0 Å². The molecule has 4 heteroatoms. The minimum atomic E-state index is 0.355. The Morgan fingerprint density at radius 3 is 2.78 bits per heavy atom. The average Bonchev–Trinajstić information content (AvgIpc) is 2.39. The number of nitriles is 1. The molecule has 98 valence electrons. The molecule has 0 spiro atoms. The lowest BCUT2D eigenvalue weighted by atomic mass is 10.1. The van der Waals surface area contributed by atoms with Crippen LogP contribution in [0.1, 0.15) is 25.8 Å². The standard InChI is InChI=1S/C14H19ClN2O/c1-4-11(2)17(7-8-18-3)14-6-5-13(15)9-12(14)10-16/h5-6,9,11H,4,7-8H2,1-3H3. The van der Waals surface area contributed by atoms with E-state index < -0.39 is 0 Å². The predicted molar refractivity (Wildman–Crippen MR) is 75.1 cm³/mol. The normalized spacial score (nSPS) is 11.9. The van der Waals surface area contributed by atoms with Gasteiger partial charge in [0.05, 0.1) is 17.9 Å². The second-order valence-electron chi connectivity index (χ2n) is 4.22. The van der Waals surface area contributed by atoms with Gasteiger partial charge in [0, 0.05) is 24.7 Å². The van der Waals surface area contributed by atoms with E-state index in [4.69, 9.17) is 16.3 Å². The second-order valence-corrected chi connectivity index (χ2v) is 4.65. The van der Waals surface area contributed by atoms with Crippen molar-refractivity contribution >= 4 is 17.3 Å². The molecule has 0 aromatic heterocycles. The Morgan fingerprint density at radius 1 is 1.50 bits per heavy atom. The molecule has 1 aromatic carbocycles. The number of rotatable bonds is 6. The molecule has 0 amide bonds. The van der Waals surface area contributed by atoms with Crippen LogP contribution in [0.5, 0.6) is 0 Å². The highest BCUT2D eigenvalue weighted by molar-refractivity contribution is 6.30. The molecule has 0 radical (unpaired) electrons. The Balaban J connectivity index is 3.08. The van der Waals surface area contributed by atoms with Gasteiger partial charge in [-0.3, -0.25) is 0 Å². The highest BCUT2D eigenvalue weighted by atomic mass is 35.5. The van der Waals surface area contributed by atoms with Crippen LogP contribution in [0.25, 0.3) is 0 Å². The van der Waals surface area contributed by atoms with Gasteiger partial charge in [0.2, 0.25) is 0 Å². The first-order chi connectivity index (χ1) is 8.63. The van der Waals surface area contributed by atoms with Gasteiger partial charge in [-0.15, -0.1) is 0 Å². The first-order valence-corrected chi connectivity index (χ1v) is 6.47. The topological polar surface area (TPSA) is 36.3 Å². The monoisotopic (exact) mass is 266 g/mol. The van der Waals surface area contributed by atoms with E-state index in [0.29, 0.717) is 23.2 Å². The first kappa shape index (κ1) is 14.8. The molecule has 0 aliphatic rings. The summed E-state index contributed by atoms with van der Waals surface area (Å²) in [6.07, 6.45) is 1.01. The van der Waals surface area contributed by atoms with Crippen molar-refractivity contribution in [1.29, 1.82) is 5.26 Å². The molecule has 18 heavy (non-hydrogen) atoms. The van der Waals surface area contributed by atoms with Gasteiger partial charge >= 0.3 is 0 Å². The summed E-state index contributed by atoms with van der Waals surface area (Å²) in [5, 5.41) is 9.79. The predicted octanol–water partition coefficient (Wildman–Crippen LogP) is 3.46. The van der Waals surface area contributed by atoms with Crippen molar-refractivity contribution in [3.8, 4) is 6.07 Å². The minimum Gasteiger partial charge on any atom is -0.383 e. The molecular weight excluding hydrogens is 248 g/mol. The fourth-order valence-corrected chi connectivity index (χ4v) is 2.01. The summed E-state index contributed by atoms with van der Waals surface area (Å²) in [7, 11) is 1.68. The van der Waals surface area contributed by atoms with Crippen LogP contribution in [0.15, 0.2) is 18.2 Å². The molecule has 0 N–H and O–H groups in total. The Kier molecular flexibility index (Phi) is 5.97. The van der Waals surface area contributed by atoms with Crippen LogP contribution in [0.3, 0.4) is 0 Å². The van der Waals surface area contributed by atoms with E-state index in [0.717, 1.165) is 18.7 Å². The Labute approximate surface area is 114 Å². The molecular formula is C14H19ClN2O. The lowest BCUT2D eigenvalue weighted by Crippen LogP contribution is -2.35. The van der Waals surface area contributed by atoms with Gasteiger partial charge in [-0.1, -0.05) is 18.5 Å². The van der Waals surface area contributed by atoms with Crippen molar-refractivity contribution in [2.24, 2.45) is 0 Å². The molecule has 0 aliphatic heterocycles. The van der Waals surface area contributed by atoms with Crippen LogP contribution in [0, 0.1) is 11.3 Å². The van der Waals surface area contributed by atoms with E-state index in [1.165, 1.54) is 0 Å². The Morgan fingerprint density at radius 2 is 2.22 bits per heavy atom. The lowest BCUT2D eigenvalue weighted by Gasteiger charge is -2.31. The molecule has 0 bridgehead atoms. The van der Waals surface area contributed by atoms with E-state index >= 15 is 0 Å². The van der Waals surface area contributed by atoms with E-state index in [2.05, 4.69) is 24.8 Å². The third-order valence-electron chi connectivity index (χ3n) is 3.05. The third kappa shape index (κ3) is 3.63. The van der Waals surface area contributed by atoms with Crippen molar-refractivity contribution in [2.75, 3.05) is 25.2 Å². The van der Waals surface area contributed by atoms with Crippen LogP contribution in [0.4, 0.5) is 5.69 Å². The molecule has 1 atom stereocenters. The van der Waals surface area contributed by atoms with Crippen molar-refractivity contribution in [2.45, 2.75) is 26.3 Å². The van der Waals surface area contributed by atoms with E-state index in [9.17, 15) is 5.26 Å². The molecule has 0 fully saturated rings. The number of halogens is 1. The fourth-order valence-electron chi connectivity index (χ4n) is 1.84. The largest absolute Gasteiger partial charge is 0.383 e. The summed E-state index contributed by atoms with van der Waals surface area (Å²) < 4.78 is 5.14. The van der Waals surface area contributed by atoms with Crippen molar-refractivity contribution < 1.29 is 4.74 Å². The second kappa shape index (κ2) is 7.25. The van der Waals surface area contributed by atoms with E-state index in [-0.39, 0.29) is 0 Å². The fraction of sp³-hybridized carbons (Fsp3) is 0.500. The zero-order valence-electron chi connectivity index (χ0n) is 11.1. The Hall–Kier alpha value is -1.24. The highest BCUT2D eigenvalue weighted by Crippen LogP contribution is 2.26. The summed E-state index contributed by atoms with van der Waals surface area (Å²) in [6.45, 7) is 5.68. The van der Waals surface area contributed by atoms with Crippen molar-refractivity contribution in [3.05, 3.63) is 28.8 Å². The maximum Gasteiger partial charge on any atom is 0.101 e. The summed E-state index contributed by atoms with van der Waals surface area (Å²) in [6, 6.07) is 7.99. The number of anilines is 1. The van der Waals surface area contributed by atoms with E-state index in [1.54, 1.807) is 13.2 Å². The summed E-state index contributed by atoms with van der Waals surface area (Å²) in [5.74, 6) is 0. The first-order valence-electron chi connectivity index (χ1n) is 6.09. The number of methoxy groups -OCH3 is 1. The summed E-state index contributed by atoms with van der Waals surface area (Å²) >= 11 is 5.92. The van der Waals surface area contributed by atoms with Crippen LogP contribution >= 0.6 is 11.6 Å². The molecule has 0 heterocycles. The quantitative estimate of drug-likeness (QED) is 0.791. The van der Waals surface area contributed by atoms with E-state index in [1.807, 2.05) is 12.1 Å². The molecule has 3 nitrogen and oxygen atoms in total. The Bertz CT molecular complexity index is 428. The van der Waals surface area contributed by atoms with Crippen LogP contribution in [0.2, 0.25) is 5.02 Å². The molecule has 1 aromatic rings. The van der Waals surface area contributed by atoms with Crippen LogP contribution in [-0.4, -0.2) is 26.3 Å². The minimum absolute atomic E-state index is 0.355. The molecule has 1 rings (SSSR count). The average molecular weight is 267 g/mol. The molecule has 1 unspecified atom stereocenters. The third-order valence-corrected chi connectivity index (χ3v) is 3.28. The smallest absolute Gasteiger partial charge is 0.101 e. The number of ether oxygens (including phenoxy) is 1. The van der Waals surface area contributed by atoms with Gasteiger partial charge in [-0.05, 0) is 31.5 Å². The molecule has 0 saturated heterocycles. The lowest BCUT2D eigenvalue weighted by molar-refractivity contribution is 0.203. The van der Waals surface area contributed by atoms with Gasteiger partial charge < -0.3 is 9.64 Å². The summed E-state index contributed by atoms with van der Waals surface area (Å²) in [5.41, 5.74) is 1.53. The number of hydrogen-bond acceptors (Lipinski definition) is 3. The summed E-state index contributed by atoms with van der Waals surface area (Å²) in [4.78, 5) is 2.19.